The molecule has 1 aliphatic rings. The Hall–Kier alpha value is -2.50. The second kappa shape index (κ2) is 7.88. The maximum absolute atomic E-state index is 13.4. The molecular formula is C20H22N4O4S3. The SMILES string of the molecule is Cc1ccc(S(=O)(=O)N2CCCc3cc(S(=O)(=O)Nc4nnc(C)s4)ccc32)c(C)c1. The second-order valence-electron chi connectivity index (χ2n) is 7.47. The first-order chi connectivity index (χ1) is 14.6. The fourth-order valence-electron chi connectivity index (χ4n) is 3.67. The van der Waals surface area contributed by atoms with E-state index in [1.165, 1.54) is 16.4 Å². The zero-order valence-corrected chi connectivity index (χ0v) is 19.7. The van der Waals surface area contributed by atoms with Crippen molar-refractivity contribution in [3.63, 3.8) is 0 Å². The zero-order chi connectivity index (χ0) is 22.4. The van der Waals surface area contributed by atoms with Gasteiger partial charge < -0.3 is 0 Å². The van der Waals surface area contributed by atoms with E-state index in [-0.39, 0.29) is 14.9 Å². The molecule has 1 aromatic heterocycles. The van der Waals surface area contributed by atoms with Crippen LogP contribution in [0, 0.1) is 20.8 Å². The van der Waals surface area contributed by atoms with Crippen molar-refractivity contribution in [3.05, 3.63) is 58.1 Å². The molecule has 0 atom stereocenters. The molecular weight excluding hydrogens is 456 g/mol. The molecule has 2 aromatic carbocycles. The maximum atomic E-state index is 13.4. The van der Waals surface area contributed by atoms with Crippen molar-refractivity contribution in [2.45, 2.75) is 43.4 Å². The highest BCUT2D eigenvalue weighted by atomic mass is 32.2. The molecule has 0 amide bonds. The van der Waals surface area contributed by atoms with Crippen LogP contribution in [0.1, 0.15) is 28.1 Å². The first kappa shape index (κ1) is 21.7. The van der Waals surface area contributed by atoms with Gasteiger partial charge in [-0.05, 0) is 69.0 Å². The van der Waals surface area contributed by atoms with E-state index in [1.54, 1.807) is 32.0 Å². The number of aromatic nitrogens is 2. The van der Waals surface area contributed by atoms with Gasteiger partial charge in [-0.2, -0.15) is 0 Å². The molecule has 1 N–H and O–H groups in total. The summed E-state index contributed by atoms with van der Waals surface area (Å²) in [7, 11) is -7.63. The summed E-state index contributed by atoms with van der Waals surface area (Å²) in [6.45, 7) is 5.77. The molecule has 1 aliphatic heterocycles. The molecule has 0 spiro atoms. The van der Waals surface area contributed by atoms with Crippen LogP contribution in [0.4, 0.5) is 10.8 Å². The lowest BCUT2D eigenvalue weighted by Crippen LogP contribution is -2.36. The van der Waals surface area contributed by atoms with E-state index >= 15 is 0 Å². The van der Waals surface area contributed by atoms with Crippen LogP contribution in [0.15, 0.2) is 46.2 Å². The number of rotatable bonds is 5. The molecule has 0 saturated carbocycles. The monoisotopic (exact) mass is 478 g/mol. The molecule has 3 aromatic rings. The molecule has 0 saturated heterocycles. The average Bonchev–Trinajstić information content (AvgIpc) is 3.10. The van der Waals surface area contributed by atoms with E-state index in [2.05, 4.69) is 14.9 Å². The summed E-state index contributed by atoms with van der Waals surface area (Å²) in [6, 6.07) is 9.77. The van der Waals surface area contributed by atoms with Gasteiger partial charge in [0.25, 0.3) is 20.0 Å². The number of benzene rings is 2. The van der Waals surface area contributed by atoms with Crippen molar-refractivity contribution in [2.24, 2.45) is 0 Å². The lowest BCUT2D eigenvalue weighted by atomic mass is 10.0. The standard InChI is InChI=1S/C20H22N4O4S3/c1-13-6-9-19(14(2)11-13)31(27,28)24-10-4-5-16-12-17(7-8-18(16)24)30(25,26)23-20-22-21-15(3)29-20/h6-9,11-12H,4-5,10H2,1-3H3,(H,22,23). The third-order valence-electron chi connectivity index (χ3n) is 5.08. The Morgan fingerprint density at radius 3 is 2.45 bits per heavy atom. The number of aryl methyl sites for hydroxylation is 4. The third-order valence-corrected chi connectivity index (χ3v) is 9.28. The molecule has 0 fully saturated rings. The molecule has 4 rings (SSSR count). The predicted molar refractivity (Wildman–Crippen MR) is 121 cm³/mol. The molecule has 0 bridgehead atoms. The van der Waals surface area contributed by atoms with Gasteiger partial charge in [0.1, 0.15) is 5.01 Å². The summed E-state index contributed by atoms with van der Waals surface area (Å²) in [5.41, 5.74) is 2.86. The van der Waals surface area contributed by atoms with Gasteiger partial charge >= 0.3 is 0 Å². The highest BCUT2D eigenvalue weighted by Gasteiger charge is 2.31. The zero-order valence-electron chi connectivity index (χ0n) is 17.3. The third kappa shape index (κ3) is 4.17. The number of nitrogens with one attached hydrogen (secondary N) is 1. The van der Waals surface area contributed by atoms with Gasteiger partial charge in [-0.15, -0.1) is 10.2 Å². The van der Waals surface area contributed by atoms with Crippen LogP contribution < -0.4 is 9.03 Å². The van der Waals surface area contributed by atoms with E-state index in [0.29, 0.717) is 41.2 Å². The fourth-order valence-corrected chi connectivity index (χ4v) is 7.30. The molecule has 31 heavy (non-hydrogen) atoms. The molecule has 164 valence electrons. The minimum Gasteiger partial charge on any atom is -0.266 e. The molecule has 2 heterocycles. The Bertz CT molecular complexity index is 1360. The Labute approximate surface area is 186 Å². The Morgan fingerprint density at radius 1 is 1.00 bits per heavy atom. The smallest absolute Gasteiger partial charge is 0.264 e. The van der Waals surface area contributed by atoms with Crippen molar-refractivity contribution in [2.75, 3.05) is 15.6 Å². The van der Waals surface area contributed by atoms with Crippen molar-refractivity contribution >= 4 is 42.2 Å². The molecule has 0 aliphatic carbocycles. The number of hydrogen-bond acceptors (Lipinski definition) is 7. The van der Waals surface area contributed by atoms with Gasteiger partial charge in [0.15, 0.2) is 0 Å². The first-order valence-electron chi connectivity index (χ1n) is 9.64. The van der Waals surface area contributed by atoms with Gasteiger partial charge in [-0.3, -0.25) is 9.03 Å². The molecule has 0 unspecified atom stereocenters. The van der Waals surface area contributed by atoms with E-state index < -0.39 is 20.0 Å². The normalized spacial score (nSPS) is 14.4. The summed E-state index contributed by atoms with van der Waals surface area (Å²) in [6.07, 6.45) is 1.19. The Balaban J connectivity index is 1.70. The Morgan fingerprint density at radius 2 is 1.77 bits per heavy atom. The van der Waals surface area contributed by atoms with Crippen molar-refractivity contribution in [1.29, 1.82) is 0 Å². The number of nitrogens with zero attached hydrogens (tertiary/aromatic N) is 3. The average molecular weight is 479 g/mol. The number of hydrogen-bond donors (Lipinski definition) is 1. The van der Waals surface area contributed by atoms with Gasteiger partial charge in [-0.1, -0.05) is 29.0 Å². The van der Waals surface area contributed by atoms with Crippen molar-refractivity contribution in [1.82, 2.24) is 10.2 Å². The quantitative estimate of drug-likeness (QED) is 0.602. The Kier molecular flexibility index (Phi) is 5.52. The van der Waals surface area contributed by atoms with Crippen LogP contribution in [0.2, 0.25) is 0 Å². The van der Waals surface area contributed by atoms with Crippen LogP contribution in [0.25, 0.3) is 0 Å². The summed E-state index contributed by atoms with van der Waals surface area (Å²) in [4.78, 5) is 0.320. The van der Waals surface area contributed by atoms with Crippen LogP contribution in [0.5, 0.6) is 0 Å². The van der Waals surface area contributed by atoms with Crippen LogP contribution >= 0.6 is 11.3 Å². The minimum absolute atomic E-state index is 0.0601. The van der Waals surface area contributed by atoms with E-state index in [0.717, 1.165) is 16.9 Å². The van der Waals surface area contributed by atoms with Crippen LogP contribution in [-0.2, 0) is 26.5 Å². The number of sulfonamides is 2. The van der Waals surface area contributed by atoms with Gasteiger partial charge in [0.05, 0.1) is 15.5 Å². The summed E-state index contributed by atoms with van der Waals surface area (Å²) >= 11 is 1.14. The highest BCUT2D eigenvalue weighted by molar-refractivity contribution is 7.93. The van der Waals surface area contributed by atoms with E-state index in [4.69, 9.17) is 0 Å². The van der Waals surface area contributed by atoms with Crippen LogP contribution in [-0.4, -0.2) is 33.6 Å². The molecule has 11 heteroatoms. The molecule has 8 nitrogen and oxygen atoms in total. The van der Waals surface area contributed by atoms with Crippen LogP contribution in [0.3, 0.4) is 0 Å². The van der Waals surface area contributed by atoms with Gasteiger partial charge in [0.2, 0.25) is 5.13 Å². The summed E-state index contributed by atoms with van der Waals surface area (Å²) in [5, 5.41) is 8.45. The van der Waals surface area contributed by atoms with Crippen molar-refractivity contribution in [3.8, 4) is 0 Å². The summed E-state index contributed by atoms with van der Waals surface area (Å²) < 4.78 is 56.1. The van der Waals surface area contributed by atoms with E-state index in [9.17, 15) is 16.8 Å². The lowest BCUT2D eigenvalue weighted by molar-refractivity contribution is 0.586. The largest absolute Gasteiger partial charge is 0.266 e. The lowest BCUT2D eigenvalue weighted by Gasteiger charge is -2.31. The topological polar surface area (TPSA) is 109 Å². The predicted octanol–water partition coefficient (Wildman–Crippen LogP) is 3.41. The van der Waals surface area contributed by atoms with E-state index in [1.807, 2.05) is 13.0 Å². The second-order valence-corrected chi connectivity index (χ2v) is 12.2. The first-order valence-corrected chi connectivity index (χ1v) is 13.4. The van der Waals surface area contributed by atoms with Crippen molar-refractivity contribution < 1.29 is 16.8 Å². The minimum atomic E-state index is -3.86. The number of fused-ring (bicyclic) bond motifs is 1. The number of anilines is 2. The maximum Gasteiger partial charge on any atom is 0.264 e. The van der Waals surface area contributed by atoms with Gasteiger partial charge in [-0.25, -0.2) is 16.8 Å². The summed E-state index contributed by atoms with van der Waals surface area (Å²) in [5.74, 6) is 0. The fraction of sp³-hybridized carbons (Fsp3) is 0.300. The highest BCUT2D eigenvalue weighted by Crippen LogP contribution is 2.35. The molecule has 0 radical (unpaired) electrons. The van der Waals surface area contributed by atoms with Gasteiger partial charge in [0, 0.05) is 6.54 Å².